The lowest BCUT2D eigenvalue weighted by Crippen LogP contribution is -2.04. The van der Waals surface area contributed by atoms with Crippen molar-refractivity contribution in [1.82, 2.24) is 0 Å². The summed E-state index contributed by atoms with van der Waals surface area (Å²) < 4.78 is 5.13. The van der Waals surface area contributed by atoms with E-state index in [4.69, 9.17) is 4.74 Å². The maximum Gasteiger partial charge on any atom is 0.192 e. The number of methoxy groups -OCH3 is 1. The fourth-order valence-corrected chi connectivity index (χ4v) is 1.39. The van der Waals surface area contributed by atoms with Gasteiger partial charge in [0.15, 0.2) is 5.90 Å². The number of rotatable bonds is 0. The Morgan fingerprint density at radius 2 is 2.15 bits per heavy atom. The molecule has 0 N–H and O–H groups in total. The van der Waals surface area contributed by atoms with E-state index in [1.165, 1.54) is 11.1 Å². The monoisotopic (exact) mass is 173 g/mol. The highest BCUT2D eigenvalue weighted by atomic mass is 16.5. The Bertz CT molecular complexity index is 366. The number of nitrogens with zero attached hydrogens (tertiary/aromatic N) is 1. The van der Waals surface area contributed by atoms with Gasteiger partial charge in [-0.05, 0) is 17.2 Å². The standard InChI is InChI=1S/C11H11NO/c1-13-11-8-10-5-3-2-4-9(10)6-7-12-11/h2-7H,8H2,1H3. The molecule has 0 radical (unpaired) electrons. The van der Waals surface area contributed by atoms with Gasteiger partial charge in [-0.1, -0.05) is 24.3 Å². The lowest BCUT2D eigenvalue weighted by Gasteiger charge is -2.04. The molecule has 0 amide bonds. The smallest absolute Gasteiger partial charge is 0.192 e. The molecule has 2 rings (SSSR count). The molecular formula is C11H11NO. The van der Waals surface area contributed by atoms with Crippen molar-refractivity contribution in [2.75, 3.05) is 7.11 Å². The lowest BCUT2D eigenvalue weighted by atomic mass is 10.1. The zero-order valence-corrected chi connectivity index (χ0v) is 7.53. The van der Waals surface area contributed by atoms with E-state index in [-0.39, 0.29) is 0 Å². The van der Waals surface area contributed by atoms with Gasteiger partial charge in [-0.2, -0.15) is 0 Å². The Hall–Kier alpha value is -1.57. The second-order valence-corrected chi connectivity index (χ2v) is 2.92. The van der Waals surface area contributed by atoms with Crippen LogP contribution >= 0.6 is 0 Å². The Kier molecular flexibility index (Phi) is 2.13. The van der Waals surface area contributed by atoms with E-state index in [0.29, 0.717) is 0 Å². The average Bonchev–Trinajstić information content (AvgIpc) is 2.38. The van der Waals surface area contributed by atoms with Crippen LogP contribution in [0.25, 0.3) is 6.08 Å². The SMILES string of the molecule is COC1=NC=Cc2ccccc2C1. The quantitative estimate of drug-likeness (QED) is 0.589. The van der Waals surface area contributed by atoms with Crippen LogP contribution in [0.2, 0.25) is 0 Å². The molecule has 0 atom stereocenters. The van der Waals surface area contributed by atoms with Crippen LogP contribution in [-0.2, 0) is 11.2 Å². The molecule has 0 unspecified atom stereocenters. The number of hydrogen-bond acceptors (Lipinski definition) is 2. The normalized spacial score (nSPS) is 14.4. The van der Waals surface area contributed by atoms with Crippen molar-refractivity contribution in [3.8, 4) is 0 Å². The van der Waals surface area contributed by atoms with Crippen LogP contribution in [0, 0.1) is 0 Å². The van der Waals surface area contributed by atoms with E-state index in [0.717, 1.165) is 12.3 Å². The van der Waals surface area contributed by atoms with Gasteiger partial charge in [-0.25, -0.2) is 4.99 Å². The Labute approximate surface area is 77.6 Å². The minimum absolute atomic E-state index is 0.765. The molecule has 66 valence electrons. The molecule has 0 aliphatic carbocycles. The first-order valence-corrected chi connectivity index (χ1v) is 4.25. The number of hydrogen-bond donors (Lipinski definition) is 0. The molecule has 2 nitrogen and oxygen atoms in total. The van der Waals surface area contributed by atoms with Crippen molar-refractivity contribution in [1.29, 1.82) is 0 Å². The summed E-state index contributed by atoms with van der Waals surface area (Å²) in [6, 6.07) is 8.24. The number of ether oxygens (including phenoxy) is 1. The van der Waals surface area contributed by atoms with Gasteiger partial charge in [0.2, 0.25) is 0 Å². The third kappa shape index (κ3) is 1.61. The summed E-state index contributed by atoms with van der Waals surface area (Å²) >= 11 is 0. The molecule has 1 aliphatic heterocycles. The highest BCUT2D eigenvalue weighted by Gasteiger charge is 2.06. The molecule has 1 aromatic rings. The molecular weight excluding hydrogens is 162 g/mol. The number of benzene rings is 1. The number of fused-ring (bicyclic) bond motifs is 1. The molecule has 13 heavy (non-hydrogen) atoms. The van der Waals surface area contributed by atoms with Crippen LogP contribution in [0.1, 0.15) is 11.1 Å². The molecule has 1 aliphatic rings. The maximum absolute atomic E-state index is 5.13. The summed E-state index contributed by atoms with van der Waals surface area (Å²) in [5, 5.41) is 0. The number of aliphatic imine (C=N–C) groups is 1. The predicted octanol–water partition coefficient (Wildman–Crippen LogP) is 2.26. The third-order valence-electron chi connectivity index (χ3n) is 2.11. The van der Waals surface area contributed by atoms with E-state index in [1.54, 1.807) is 13.3 Å². The first-order chi connectivity index (χ1) is 6.40. The van der Waals surface area contributed by atoms with Gasteiger partial charge >= 0.3 is 0 Å². The zero-order valence-electron chi connectivity index (χ0n) is 7.53. The fourth-order valence-electron chi connectivity index (χ4n) is 1.39. The summed E-state index contributed by atoms with van der Waals surface area (Å²) in [6.45, 7) is 0. The molecule has 0 spiro atoms. The first kappa shape index (κ1) is 8.05. The van der Waals surface area contributed by atoms with Crippen LogP contribution in [0.4, 0.5) is 0 Å². The summed E-state index contributed by atoms with van der Waals surface area (Å²) in [7, 11) is 1.65. The second kappa shape index (κ2) is 3.44. The van der Waals surface area contributed by atoms with Crippen molar-refractivity contribution in [3.63, 3.8) is 0 Å². The van der Waals surface area contributed by atoms with Crippen molar-refractivity contribution in [2.45, 2.75) is 6.42 Å². The highest BCUT2D eigenvalue weighted by molar-refractivity contribution is 5.82. The van der Waals surface area contributed by atoms with E-state index in [9.17, 15) is 0 Å². The molecule has 0 saturated heterocycles. The molecule has 0 fully saturated rings. The van der Waals surface area contributed by atoms with Gasteiger partial charge in [0.05, 0.1) is 7.11 Å². The van der Waals surface area contributed by atoms with Gasteiger partial charge in [0.1, 0.15) is 0 Å². The summed E-state index contributed by atoms with van der Waals surface area (Å²) in [6.07, 6.45) is 4.56. The topological polar surface area (TPSA) is 21.6 Å². The minimum Gasteiger partial charge on any atom is -0.484 e. The van der Waals surface area contributed by atoms with Gasteiger partial charge in [0, 0.05) is 12.6 Å². The maximum atomic E-state index is 5.13. The largest absolute Gasteiger partial charge is 0.484 e. The van der Waals surface area contributed by atoms with Crippen LogP contribution in [0.15, 0.2) is 35.5 Å². The Balaban J connectivity index is 2.40. The van der Waals surface area contributed by atoms with Crippen LogP contribution < -0.4 is 0 Å². The molecule has 2 heteroatoms. The van der Waals surface area contributed by atoms with Gasteiger partial charge in [0.25, 0.3) is 0 Å². The Morgan fingerprint density at radius 3 is 3.00 bits per heavy atom. The summed E-state index contributed by atoms with van der Waals surface area (Å²) in [5.74, 6) is 0.765. The summed E-state index contributed by atoms with van der Waals surface area (Å²) in [5.41, 5.74) is 2.48. The van der Waals surface area contributed by atoms with Crippen LogP contribution in [0.3, 0.4) is 0 Å². The molecule has 1 aromatic carbocycles. The van der Waals surface area contributed by atoms with E-state index < -0.39 is 0 Å². The molecule has 0 bridgehead atoms. The van der Waals surface area contributed by atoms with Gasteiger partial charge in [-0.3, -0.25) is 0 Å². The molecule has 0 saturated carbocycles. The van der Waals surface area contributed by atoms with Crippen molar-refractivity contribution in [2.24, 2.45) is 4.99 Å². The Morgan fingerprint density at radius 1 is 1.31 bits per heavy atom. The lowest BCUT2D eigenvalue weighted by molar-refractivity contribution is 0.394. The van der Waals surface area contributed by atoms with Crippen molar-refractivity contribution >= 4 is 12.0 Å². The predicted molar refractivity (Wildman–Crippen MR) is 53.6 cm³/mol. The first-order valence-electron chi connectivity index (χ1n) is 4.25. The third-order valence-corrected chi connectivity index (χ3v) is 2.11. The molecule has 0 aromatic heterocycles. The average molecular weight is 173 g/mol. The second-order valence-electron chi connectivity index (χ2n) is 2.92. The van der Waals surface area contributed by atoms with Crippen LogP contribution in [0.5, 0.6) is 0 Å². The minimum atomic E-state index is 0.765. The van der Waals surface area contributed by atoms with Gasteiger partial charge < -0.3 is 4.74 Å². The highest BCUT2D eigenvalue weighted by Crippen LogP contribution is 2.15. The molecule has 1 heterocycles. The van der Waals surface area contributed by atoms with E-state index in [2.05, 4.69) is 17.1 Å². The van der Waals surface area contributed by atoms with Crippen LogP contribution in [-0.4, -0.2) is 13.0 Å². The van der Waals surface area contributed by atoms with E-state index >= 15 is 0 Å². The summed E-state index contributed by atoms with van der Waals surface area (Å²) in [4.78, 5) is 4.17. The van der Waals surface area contributed by atoms with E-state index in [1.807, 2.05) is 18.2 Å². The van der Waals surface area contributed by atoms with Crippen molar-refractivity contribution in [3.05, 3.63) is 41.6 Å². The van der Waals surface area contributed by atoms with Crippen molar-refractivity contribution < 1.29 is 4.74 Å². The van der Waals surface area contributed by atoms with Gasteiger partial charge in [-0.15, -0.1) is 0 Å². The zero-order chi connectivity index (χ0) is 9.10. The fraction of sp³-hybridized carbons (Fsp3) is 0.182.